The molecule has 1 aliphatic rings. The van der Waals surface area contributed by atoms with E-state index < -0.39 is 0 Å². The van der Waals surface area contributed by atoms with Gasteiger partial charge < -0.3 is 16.0 Å². The van der Waals surface area contributed by atoms with Crippen molar-refractivity contribution in [1.29, 1.82) is 0 Å². The molecule has 2 amide bonds. The van der Waals surface area contributed by atoms with E-state index in [0.717, 1.165) is 19.4 Å². The van der Waals surface area contributed by atoms with E-state index in [9.17, 15) is 9.59 Å². The van der Waals surface area contributed by atoms with Crippen LogP contribution in [-0.4, -0.2) is 36.5 Å². The molecule has 0 aromatic heterocycles. The van der Waals surface area contributed by atoms with Gasteiger partial charge in [0.05, 0.1) is 6.04 Å². The van der Waals surface area contributed by atoms with Crippen molar-refractivity contribution in [2.24, 2.45) is 5.92 Å². The number of carbonyl (C=O) groups excluding carboxylic acids is 2. The Labute approximate surface area is 115 Å². The highest BCUT2D eigenvalue weighted by Gasteiger charge is 2.24. The molecule has 1 aliphatic heterocycles. The molecule has 110 valence electrons. The van der Waals surface area contributed by atoms with Crippen LogP contribution in [0.1, 0.15) is 47.0 Å². The summed E-state index contributed by atoms with van der Waals surface area (Å²) in [6.45, 7) is 9.28. The SMILES string of the molecule is CC1CCNC(C(=O)NCCC(=O)NC(C)(C)C)C1. The van der Waals surface area contributed by atoms with E-state index >= 15 is 0 Å². The Hall–Kier alpha value is -1.10. The van der Waals surface area contributed by atoms with Gasteiger partial charge in [0.25, 0.3) is 0 Å². The van der Waals surface area contributed by atoms with Gasteiger partial charge in [-0.2, -0.15) is 0 Å². The third kappa shape index (κ3) is 6.57. The fourth-order valence-corrected chi connectivity index (χ4v) is 2.21. The standard InChI is InChI=1S/C14H27N3O2/c1-10-5-7-15-11(9-10)13(19)16-8-6-12(18)17-14(2,3)4/h10-11,15H,5-9H2,1-4H3,(H,16,19)(H,17,18). The zero-order chi connectivity index (χ0) is 14.5. The van der Waals surface area contributed by atoms with Gasteiger partial charge in [0, 0.05) is 18.5 Å². The van der Waals surface area contributed by atoms with Crippen LogP contribution < -0.4 is 16.0 Å². The topological polar surface area (TPSA) is 70.2 Å². The fraction of sp³-hybridized carbons (Fsp3) is 0.857. The van der Waals surface area contributed by atoms with Gasteiger partial charge >= 0.3 is 0 Å². The Morgan fingerprint density at radius 2 is 2.00 bits per heavy atom. The minimum absolute atomic E-state index is 0.00936. The van der Waals surface area contributed by atoms with Gasteiger partial charge in [-0.1, -0.05) is 6.92 Å². The third-order valence-corrected chi connectivity index (χ3v) is 3.15. The fourth-order valence-electron chi connectivity index (χ4n) is 2.21. The quantitative estimate of drug-likeness (QED) is 0.707. The Morgan fingerprint density at radius 1 is 1.32 bits per heavy atom. The molecule has 1 rings (SSSR count). The molecule has 0 aromatic carbocycles. The van der Waals surface area contributed by atoms with E-state index in [1.54, 1.807) is 0 Å². The third-order valence-electron chi connectivity index (χ3n) is 3.15. The van der Waals surface area contributed by atoms with Crippen LogP contribution in [0.5, 0.6) is 0 Å². The van der Waals surface area contributed by atoms with Crippen LogP contribution in [-0.2, 0) is 9.59 Å². The number of amides is 2. The molecule has 5 nitrogen and oxygen atoms in total. The molecule has 1 fully saturated rings. The van der Waals surface area contributed by atoms with Crippen LogP contribution in [0.3, 0.4) is 0 Å². The molecule has 0 spiro atoms. The smallest absolute Gasteiger partial charge is 0.237 e. The van der Waals surface area contributed by atoms with E-state index in [-0.39, 0.29) is 23.4 Å². The zero-order valence-electron chi connectivity index (χ0n) is 12.5. The predicted molar refractivity (Wildman–Crippen MR) is 75.7 cm³/mol. The lowest BCUT2D eigenvalue weighted by molar-refractivity contribution is -0.124. The molecule has 0 aromatic rings. The molecule has 19 heavy (non-hydrogen) atoms. The second-order valence-electron chi connectivity index (χ2n) is 6.48. The van der Waals surface area contributed by atoms with E-state index in [1.807, 2.05) is 20.8 Å². The summed E-state index contributed by atoms with van der Waals surface area (Å²) in [7, 11) is 0. The van der Waals surface area contributed by atoms with Crippen molar-refractivity contribution in [3.05, 3.63) is 0 Å². The van der Waals surface area contributed by atoms with Crippen LogP contribution in [0.15, 0.2) is 0 Å². The molecule has 0 radical (unpaired) electrons. The molecule has 2 unspecified atom stereocenters. The first kappa shape index (κ1) is 16.0. The summed E-state index contributed by atoms with van der Waals surface area (Å²) in [5, 5.41) is 8.91. The van der Waals surface area contributed by atoms with Crippen LogP contribution in [0.25, 0.3) is 0 Å². The van der Waals surface area contributed by atoms with E-state index in [2.05, 4.69) is 22.9 Å². The molecule has 0 aliphatic carbocycles. The lowest BCUT2D eigenvalue weighted by atomic mass is 9.94. The number of rotatable bonds is 4. The molecule has 1 saturated heterocycles. The first-order valence-electron chi connectivity index (χ1n) is 7.10. The maximum Gasteiger partial charge on any atom is 0.237 e. The predicted octanol–water partition coefficient (Wildman–Crippen LogP) is 0.796. The lowest BCUT2D eigenvalue weighted by Crippen LogP contribution is -2.49. The monoisotopic (exact) mass is 269 g/mol. The molecule has 0 bridgehead atoms. The van der Waals surface area contributed by atoms with Crippen LogP contribution in [0, 0.1) is 5.92 Å². The van der Waals surface area contributed by atoms with Gasteiger partial charge in [0.15, 0.2) is 0 Å². The van der Waals surface area contributed by atoms with Crippen molar-refractivity contribution >= 4 is 11.8 Å². The number of piperidine rings is 1. The van der Waals surface area contributed by atoms with Crippen LogP contribution >= 0.6 is 0 Å². The molecule has 3 N–H and O–H groups in total. The lowest BCUT2D eigenvalue weighted by Gasteiger charge is -2.27. The Bertz CT molecular complexity index is 323. The summed E-state index contributed by atoms with van der Waals surface area (Å²) in [5.41, 5.74) is -0.221. The van der Waals surface area contributed by atoms with Gasteiger partial charge in [-0.25, -0.2) is 0 Å². The summed E-state index contributed by atoms with van der Waals surface area (Å²) in [6, 6.07) is -0.102. The van der Waals surface area contributed by atoms with Gasteiger partial charge in [-0.3, -0.25) is 9.59 Å². The normalized spacial score (nSPS) is 23.8. The maximum absolute atomic E-state index is 11.9. The zero-order valence-corrected chi connectivity index (χ0v) is 12.5. The van der Waals surface area contributed by atoms with Crippen molar-refractivity contribution in [2.75, 3.05) is 13.1 Å². The first-order valence-corrected chi connectivity index (χ1v) is 7.10. The molecule has 0 saturated carbocycles. The van der Waals surface area contributed by atoms with E-state index in [0.29, 0.717) is 18.9 Å². The summed E-state index contributed by atoms with van der Waals surface area (Å²) < 4.78 is 0. The summed E-state index contributed by atoms with van der Waals surface area (Å²) >= 11 is 0. The largest absolute Gasteiger partial charge is 0.354 e. The highest BCUT2D eigenvalue weighted by molar-refractivity contribution is 5.83. The Kier molecular flexibility index (Phi) is 5.79. The van der Waals surface area contributed by atoms with Crippen molar-refractivity contribution in [2.45, 2.75) is 58.5 Å². The van der Waals surface area contributed by atoms with Gasteiger partial charge in [0.1, 0.15) is 0 Å². The van der Waals surface area contributed by atoms with E-state index in [4.69, 9.17) is 0 Å². The second kappa shape index (κ2) is 6.89. The highest BCUT2D eigenvalue weighted by Crippen LogP contribution is 2.14. The average Bonchev–Trinajstić information content (AvgIpc) is 2.26. The Balaban J connectivity index is 2.21. The number of nitrogens with one attached hydrogen (secondary N) is 3. The maximum atomic E-state index is 11.9. The van der Waals surface area contributed by atoms with Gasteiger partial charge in [-0.15, -0.1) is 0 Å². The highest BCUT2D eigenvalue weighted by atomic mass is 16.2. The summed E-state index contributed by atoms with van der Waals surface area (Å²) in [4.78, 5) is 23.5. The van der Waals surface area contributed by atoms with Crippen molar-refractivity contribution in [1.82, 2.24) is 16.0 Å². The van der Waals surface area contributed by atoms with Crippen LogP contribution in [0.2, 0.25) is 0 Å². The van der Waals surface area contributed by atoms with Gasteiger partial charge in [0.2, 0.25) is 11.8 Å². The average molecular weight is 269 g/mol. The van der Waals surface area contributed by atoms with Crippen LogP contribution in [0.4, 0.5) is 0 Å². The molecule has 1 heterocycles. The number of carbonyl (C=O) groups is 2. The summed E-state index contributed by atoms with van der Waals surface area (Å²) in [5.74, 6) is 0.564. The number of hydrogen-bond donors (Lipinski definition) is 3. The molecular weight excluding hydrogens is 242 g/mol. The Morgan fingerprint density at radius 3 is 2.58 bits per heavy atom. The van der Waals surface area contributed by atoms with Crippen molar-refractivity contribution in [3.8, 4) is 0 Å². The molecular formula is C14H27N3O2. The van der Waals surface area contributed by atoms with Crippen molar-refractivity contribution in [3.63, 3.8) is 0 Å². The molecule has 5 heteroatoms. The first-order chi connectivity index (χ1) is 8.78. The van der Waals surface area contributed by atoms with Gasteiger partial charge in [-0.05, 0) is 46.1 Å². The minimum atomic E-state index is -0.221. The van der Waals surface area contributed by atoms with Crippen molar-refractivity contribution < 1.29 is 9.59 Å². The second-order valence-corrected chi connectivity index (χ2v) is 6.48. The summed E-state index contributed by atoms with van der Waals surface area (Å²) in [6.07, 6.45) is 2.32. The minimum Gasteiger partial charge on any atom is -0.354 e. The number of hydrogen-bond acceptors (Lipinski definition) is 3. The molecule has 2 atom stereocenters. The van der Waals surface area contributed by atoms with E-state index in [1.165, 1.54) is 0 Å².